The SMILES string of the molecule is OCc1c(Cl)ccc2c1CCNCC2. The number of halogens is 1. The van der Waals surface area contributed by atoms with E-state index in [2.05, 4.69) is 11.4 Å². The Morgan fingerprint density at radius 3 is 2.86 bits per heavy atom. The van der Waals surface area contributed by atoms with E-state index < -0.39 is 0 Å². The standard InChI is InChI=1S/C11H14ClNO/c12-11-2-1-8-3-5-13-6-4-9(8)10(11)7-14/h1-2,13-14H,3-7H2. The van der Waals surface area contributed by atoms with E-state index in [1.54, 1.807) is 0 Å². The molecule has 0 aliphatic carbocycles. The summed E-state index contributed by atoms with van der Waals surface area (Å²) in [4.78, 5) is 0. The average molecular weight is 212 g/mol. The summed E-state index contributed by atoms with van der Waals surface area (Å²) in [6.07, 6.45) is 1.99. The normalized spacial score (nSPS) is 16.1. The first-order valence-electron chi connectivity index (χ1n) is 4.93. The molecule has 1 heterocycles. The van der Waals surface area contributed by atoms with Crippen LogP contribution in [0.3, 0.4) is 0 Å². The molecular formula is C11H14ClNO. The van der Waals surface area contributed by atoms with Gasteiger partial charge in [-0.2, -0.15) is 0 Å². The van der Waals surface area contributed by atoms with Crippen LogP contribution in [0.5, 0.6) is 0 Å². The molecule has 76 valence electrons. The van der Waals surface area contributed by atoms with Crippen molar-refractivity contribution in [3.8, 4) is 0 Å². The molecule has 0 aromatic heterocycles. The molecule has 0 bridgehead atoms. The Bertz CT molecular complexity index is 338. The predicted octanol–water partition coefficient (Wildman–Crippen LogP) is 1.52. The van der Waals surface area contributed by atoms with Gasteiger partial charge in [0.05, 0.1) is 6.61 Å². The lowest BCUT2D eigenvalue weighted by atomic mass is 9.97. The predicted molar refractivity (Wildman–Crippen MR) is 57.7 cm³/mol. The molecule has 2 rings (SSSR count). The van der Waals surface area contributed by atoms with Gasteiger partial charge in [0, 0.05) is 5.02 Å². The average Bonchev–Trinajstić information content (AvgIpc) is 2.42. The van der Waals surface area contributed by atoms with E-state index in [0.29, 0.717) is 5.02 Å². The van der Waals surface area contributed by atoms with Crippen LogP contribution >= 0.6 is 11.6 Å². The molecular weight excluding hydrogens is 198 g/mol. The van der Waals surface area contributed by atoms with E-state index in [0.717, 1.165) is 31.5 Å². The monoisotopic (exact) mass is 211 g/mol. The lowest BCUT2D eigenvalue weighted by molar-refractivity contribution is 0.280. The van der Waals surface area contributed by atoms with Gasteiger partial charge in [-0.05, 0) is 48.7 Å². The van der Waals surface area contributed by atoms with Crippen LogP contribution in [0.4, 0.5) is 0 Å². The summed E-state index contributed by atoms with van der Waals surface area (Å²) in [5, 5.41) is 13.3. The topological polar surface area (TPSA) is 32.3 Å². The Morgan fingerprint density at radius 2 is 2.07 bits per heavy atom. The van der Waals surface area contributed by atoms with Gasteiger partial charge in [-0.1, -0.05) is 17.7 Å². The van der Waals surface area contributed by atoms with Crippen LogP contribution in [-0.4, -0.2) is 18.2 Å². The van der Waals surface area contributed by atoms with Crippen molar-refractivity contribution in [3.63, 3.8) is 0 Å². The second-order valence-corrected chi connectivity index (χ2v) is 3.98. The third-order valence-electron chi connectivity index (χ3n) is 2.75. The van der Waals surface area contributed by atoms with Crippen LogP contribution < -0.4 is 5.32 Å². The highest BCUT2D eigenvalue weighted by molar-refractivity contribution is 6.31. The molecule has 0 spiro atoms. The van der Waals surface area contributed by atoms with E-state index >= 15 is 0 Å². The first-order valence-corrected chi connectivity index (χ1v) is 5.31. The minimum Gasteiger partial charge on any atom is -0.392 e. The summed E-state index contributed by atoms with van der Waals surface area (Å²) in [6, 6.07) is 3.96. The zero-order valence-corrected chi connectivity index (χ0v) is 8.77. The Kier molecular flexibility index (Phi) is 3.06. The third kappa shape index (κ3) is 1.78. The zero-order chi connectivity index (χ0) is 9.97. The molecule has 0 atom stereocenters. The van der Waals surface area contributed by atoms with Crippen molar-refractivity contribution < 1.29 is 5.11 Å². The van der Waals surface area contributed by atoms with Crippen LogP contribution in [0, 0.1) is 0 Å². The Balaban J connectivity index is 2.48. The summed E-state index contributed by atoms with van der Waals surface area (Å²) >= 11 is 6.03. The molecule has 0 unspecified atom stereocenters. The summed E-state index contributed by atoms with van der Waals surface area (Å²) in [5.74, 6) is 0. The van der Waals surface area contributed by atoms with Crippen molar-refractivity contribution in [2.24, 2.45) is 0 Å². The van der Waals surface area contributed by atoms with Gasteiger partial charge in [0.1, 0.15) is 0 Å². The molecule has 0 amide bonds. The van der Waals surface area contributed by atoms with Gasteiger partial charge >= 0.3 is 0 Å². The van der Waals surface area contributed by atoms with Crippen molar-refractivity contribution in [3.05, 3.63) is 33.8 Å². The number of aliphatic hydroxyl groups is 1. The summed E-state index contributed by atoms with van der Waals surface area (Å²) in [7, 11) is 0. The van der Waals surface area contributed by atoms with Gasteiger partial charge in [0.2, 0.25) is 0 Å². The maximum atomic E-state index is 9.26. The second kappa shape index (κ2) is 4.30. The van der Waals surface area contributed by atoms with Crippen molar-refractivity contribution >= 4 is 11.6 Å². The maximum Gasteiger partial charge on any atom is 0.0699 e. The van der Waals surface area contributed by atoms with Gasteiger partial charge in [0.25, 0.3) is 0 Å². The zero-order valence-electron chi connectivity index (χ0n) is 8.02. The Morgan fingerprint density at radius 1 is 1.29 bits per heavy atom. The molecule has 1 aliphatic rings. The largest absolute Gasteiger partial charge is 0.392 e. The second-order valence-electron chi connectivity index (χ2n) is 3.57. The number of nitrogens with one attached hydrogen (secondary N) is 1. The van der Waals surface area contributed by atoms with Crippen LogP contribution in [0.2, 0.25) is 5.02 Å². The van der Waals surface area contributed by atoms with E-state index in [9.17, 15) is 5.11 Å². The number of rotatable bonds is 1. The lowest BCUT2D eigenvalue weighted by Gasteiger charge is -2.11. The minimum absolute atomic E-state index is 0.0437. The third-order valence-corrected chi connectivity index (χ3v) is 3.11. The van der Waals surface area contributed by atoms with Crippen LogP contribution in [0.1, 0.15) is 16.7 Å². The van der Waals surface area contributed by atoms with E-state index in [-0.39, 0.29) is 6.61 Å². The maximum absolute atomic E-state index is 9.26. The van der Waals surface area contributed by atoms with Gasteiger partial charge in [-0.3, -0.25) is 0 Å². The molecule has 0 fully saturated rings. The van der Waals surface area contributed by atoms with Gasteiger partial charge in [-0.15, -0.1) is 0 Å². The number of fused-ring (bicyclic) bond motifs is 1. The van der Waals surface area contributed by atoms with Crippen LogP contribution in [0.25, 0.3) is 0 Å². The highest BCUT2D eigenvalue weighted by Crippen LogP contribution is 2.25. The number of hydrogen-bond acceptors (Lipinski definition) is 2. The fourth-order valence-electron chi connectivity index (χ4n) is 1.99. The molecule has 1 aromatic rings. The lowest BCUT2D eigenvalue weighted by Crippen LogP contribution is -2.16. The fraction of sp³-hybridized carbons (Fsp3) is 0.455. The van der Waals surface area contributed by atoms with Crippen molar-refractivity contribution in [2.45, 2.75) is 19.4 Å². The molecule has 3 heteroatoms. The highest BCUT2D eigenvalue weighted by atomic mass is 35.5. The van der Waals surface area contributed by atoms with Gasteiger partial charge < -0.3 is 10.4 Å². The number of hydrogen-bond donors (Lipinski definition) is 2. The van der Waals surface area contributed by atoms with Crippen LogP contribution in [-0.2, 0) is 19.4 Å². The molecule has 0 radical (unpaired) electrons. The Labute approximate surface area is 88.9 Å². The van der Waals surface area contributed by atoms with Crippen molar-refractivity contribution in [2.75, 3.05) is 13.1 Å². The van der Waals surface area contributed by atoms with E-state index in [1.807, 2.05) is 6.07 Å². The smallest absolute Gasteiger partial charge is 0.0699 e. The van der Waals surface area contributed by atoms with Gasteiger partial charge in [0.15, 0.2) is 0 Å². The Hall–Kier alpha value is -0.570. The van der Waals surface area contributed by atoms with E-state index in [4.69, 9.17) is 11.6 Å². The molecule has 0 saturated carbocycles. The van der Waals surface area contributed by atoms with E-state index in [1.165, 1.54) is 11.1 Å². The highest BCUT2D eigenvalue weighted by Gasteiger charge is 2.13. The van der Waals surface area contributed by atoms with Crippen LogP contribution in [0.15, 0.2) is 12.1 Å². The molecule has 2 N–H and O–H groups in total. The van der Waals surface area contributed by atoms with Gasteiger partial charge in [-0.25, -0.2) is 0 Å². The molecule has 2 nitrogen and oxygen atoms in total. The number of benzene rings is 1. The number of aliphatic hydroxyl groups excluding tert-OH is 1. The van der Waals surface area contributed by atoms with Crippen molar-refractivity contribution in [1.29, 1.82) is 0 Å². The quantitative estimate of drug-likeness (QED) is 0.739. The molecule has 0 saturated heterocycles. The minimum atomic E-state index is 0.0437. The molecule has 1 aromatic carbocycles. The van der Waals surface area contributed by atoms with Crippen molar-refractivity contribution in [1.82, 2.24) is 5.32 Å². The first kappa shape index (κ1) is 9.97. The fourth-order valence-corrected chi connectivity index (χ4v) is 2.23. The summed E-state index contributed by atoms with van der Waals surface area (Å²) < 4.78 is 0. The summed E-state index contributed by atoms with van der Waals surface area (Å²) in [5.41, 5.74) is 3.47. The summed E-state index contributed by atoms with van der Waals surface area (Å²) in [6.45, 7) is 2.03. The molecule has 14 heavy (non-hydrogen) atoms. The molecule has 1 aliphatic heterocycles. The first-order chi connectivity index (χ1) is 6.83.